The van der Waals surface area contributed by atoms with Crippen LogP contribution >= 0.6 is 0 Å². The number of carboxylic acids is 7. The van der Waals surface area contributed by atoms with Crippen LogP contribution in [0.3, 0.4) is 0 Å². The Hall–Kier alpha value is -4.85. The number of carbonyl (C=O) groups excluding carboxylic acids is 7. The minimum atomic E-state index is -4.54. The summed E-state index contributed by atoms with van der Waals surface area (Å²) < 4.78 is 200. The van der Waals surface area contributed by atoms with E-state index in [9.17, 15) is 147 Å². The van der Waals surface area contributed by atoms with E-state index in [0.29, 0.717) is 106 Å². The van der Waals surface area contributed by atoms with Crippen LogP contribution in [0.2, 0.25) is 0 Å². The maximum Gasteiger partial charge on any atom is 0.222 e. The SMILES string of the molecule is CC(C)[N+](C)(C)CCC(=O)[O-].CCC[N+](C)(C)CCS(=O)(=O)[O-].CCC[N+](C)(CC)CC(=O)[O-].CCC[N+](C)(CCC)CCCC(=O)[O-].CC[N+](C)(CCOS(=O)(=O)[O-])C(C)C.CC[N+](CC)(CC)CC(=O)[O-].CC[N+](CC)(CC)CCCS(=O)(=O)[O-].C[N+](C)(C)CC(=O)[O-].C[N+](C)(C)CCC(=O)[O-].C[N+](C)(C)CCCC(=O)[O-].C[N+](C)(C)CCCS(=O)(=O)[O-].C[N+](C)(C)CCS(=O)(=O)[O-].C[N+](C)(C)COS(=O)(=O)[O-]. The average molecular weight is 2230 g/mol. The van der Waals surface area contributed by atoms with Crippen LogP contribution in [0.4, 0.5) is 0 Å². The van der Waals surface area contributed by atoms with Crippen LogP contribution in [-0.2, 0) is 103 Å². The predicted octanol–water partition coefficient (Wildman–Crippen LogP) is -4.74. The highest BCUT2D eigenvalue weighted by atomic mass is 32.3. The van der Waals surface area contributed by atoms with E-state index in [1.165, 1.54) is 0 Å². The molecule has 0 aliphatic heterocycles. The summed E-state index contributed by atoms with van der Waals surface area (Å²) in [5.41, 5.74) is 0. The molecule has 0 fully saturated rings. The van der Waals surface area contributed by atoms with Gasteiger partial charge in [-0.15, -0.1) is 0 Å². The Morgan fingerprint density at radius 1 is 0.248 bits per heavy atom. The largest absolute Gasteiger partial charge is 0.748 e. The van der Waals surface area contributed by atoms with E-state index in [1.807, 2.05) is 168 Å². The predicted molar refractivity (Wildman–Crippen MR) is 547 cm³/mol. The number of quaternary nitrogens is 13. The Labute approximate surface area is 881 Å². The zero-order valence-electron chi connectivity index (χ0n) is 97.5. The molecule has 0 N–H and O–H groups in total. The zero-order valence-corrected chi connectivity index (χ0v) is 102. The summed E-state index contributed by atoms with van der Waals surface area (Å²) in [4.78, 5) is 70.9. The molecule has 47 nitrogen and oxygen atoms in total. The molecule has 882 valence electrons. The maximum atomic E-state index is 10.4. The fourth-order valence-corrected chi connectivity index (χ4v) is 15.1. The van der Waals surface area contributed by atoms with Crippen LogP contribution in [-0.4, -0.2) is 560 Å². The van der Waals surface area contributed by atoms with Gasteiger partial charge in [0.15, 0.2) is 6.73 Å². The fourth-order valence-electron chi connectivity index (χ4n) is 11.9. The standard InChI is InChI=1S/C11H23NO2.C9H21NO3S.C8H19NO4S.3C8H17NO2.C7H17NO3S.C7H15NO2.C6H15NO3S.C6H13NO2.C5H13NO3S.C5H11NO2.C4H11NO4S/c1-4-8-12(3,9-5-2)10-6-7-11(13)14;1-4-10(5-2,6-3)8-7-9-14(11,12)13;1-5-9(4,8(2)3)6-7-13-14(10,11)12;1-7(2)9(3,4)6-5-8(10)11;1-4-6-9(3,5-2)7-8(10)11;1-4-9(5-2,6-3)7-8(10)11;1-4-5-8(2,3)6-7-12(9,10)11;1-8(2,3)6-4-5-7(9)10;1-7(2,3)5-4-6-11(8,9)10;1-7(2,3)5-4-6(8)9;1-6(2,3)4-5-10(7,8)9;1-6(2,3)4-5(7)8;1-5(2,3)4-9-10(6,7)8/h4-10H2,1-3H3;4-9H2,1-3H3;8H,5-7H2,1-4H3;7H,5-6H2,1-4H3;2*4-7H2,1-3H3;4-7H2,1-3H3;4-6H2,1-3H3;4-6H2,1-3H3;4-5H2,1-3H3;4-5H2,1-3H3;4H2,1-3H3;4H2,1-3H3. The number of carboxylic acid groups (broad SMARTS) is 7. The van der Waals surface area contributed by atoms with Gasteiger partial charge >= 0.3 is 0 Å². The highest BCUT2D eigenvalue weighted by Gasteiger charge is 2.27. The summed E-state index contributed by atoms with van der Waals surface area (Å²) in [6.07, 6.45) is 7.32. The Kier molecular flexibility index (Phi) is 94.7. The normalized spacial score (nSPS) is 13.2. The maximum absolute atomic E-state index is 10.4. The van der Waals surface area contributed by atoms with Gasteiger partial charge in [0.05, 0.1) is 369 Å². The molecule has 0 saturated carbocycles. The molecule has 2 unspecified atom stereocenters. The molecule has 2 atom stereocenters. The smallest absolute Gasteiger partial charge is 0.222 e. The highest BCUT2D eigenvalue weighted by molar-refractivity contribution is 7.86. The van der Waals surface area contributed by atoms with Crippen LogP contribution in [0, 0.1) is 0 Å². The molecule has 0 spiro atoms. The van der Waals surface area contributed by atoms with E-state index in [0.717, 1.165) is 148 Å². The second-order valence-electron chi connectivity index (χ2n) is 44.4. The van der Waals surface area contributed by atoms with Crippen molar-refractivity contribution in [2.75, 3.05) is 370 Å². The molecule has 0 bridgehead atoms. The van der Waals surface area contributed by atoms with Crippen molar-refractivity contribution in [2.24, 2.45) is 0 Å². The lowest BCUT2D eigenvalue weighted by atomic mass is 10.2. The number of rotatable bonds is 59. The molecule has 0 saturated heterocycles. The molecule has 0 heterocycles. The van der Waals surface area contributed by atoms with Gasteiger partial charge in [-0.3, -0.25) is 4.18 Å². The van der Waals surface area contributed by atoms with Gasteiger partial charge in [-0.25, -0.2) is 54.7 Å². The van der Waals surface area contributed by atoms with Crippen molar-refractivity contribution in [3.8, 4) is 0 Å². The van der Waals surface area contributed by atoms with E-state index >= 15 is 0 Å². The summed E-state index contributed by atoms with van der Waals surface area (Å²) in [6, 6.07) is 0.826. The third-order valence-corrected chi connectivity index (χ3v) is 26.4. The molecule has 145 heavy (non-hydrogen) atoms. The van der Waals surface area contributed by atoms with Crippen LogP contribution in [0.5, 0.6) is 0 Å². The molecular weight excluding hydrogens is 2020 g/mol. The van der Waals surface area contributed by atoms with E-state index in [-0.39, 0.29) is 86.1 Å². The van der Waals surface area contributed by atoms with Crippen molar-refractivity contribution in [1.82, 2.24) is 0 Å². The van der Waals surface area contributed by atoms with Crippen LogP contribution in [0.1, 0.15) is 188 Å². The first kappa shape index (κ1) is 168. The summed E-state index contributed by atoms with van der Waals surface area (Å²) >= 11 is 0. The third kappa shape index (κ3) is 148. The van der Waals surface area contributed by atoms with Gasteiger partial charge in [0.25, 0.3) is 0 Å². The molecule has 0 aliphatic rings. The second-order valence-corrected chi connectivity index (χ2v) is 52.6. The molecule has 0 amide bonds. The van der Waals surface area contributed by atoms with Crippen LogP contribution in [0.15, 0.2) is 0 Å². The van der Waals surface area contributed by atoms with Gasteiger partial charge < -0.3 is 155 Å². The van der Waals surface area contributed by atoms with Crippen molar-refractivity contribution in [3.63, 3.8) is 0 Å². The molecule has 0 rings (SSSR count). The lowest BCUT2D eigenvalue weighted by Crippen LogP contribution is -2.53. The first-order valence-electron chi connectivity index (χ1n) is 49.3. The van der Waals surface area contributed by atoms with E-state index < -0.39 is 103 Å². The lowest BCUT2D eigenvalue weighted by molar-refractivity contribution is -0.928. The molecule has 0 radical (unpaired) electrons. The first-order valence-corrected chi connectivity index (χ1v) is 58.3. The van der Waals surface area contributed by atoms with Gasteiger partial charge in [-0.05, 0) is 122 Å². The summed E-state index contributed by atoms with van der Waals surface area (Å²) in [6.45, 7) is 50.4. The number of carbonyl (C=O) groups is 7. The molecule has 0 aromatic carbocycles. The van der Waals surface area contributed by atoms with E-state index in [1.54, 1.807) is 42.3 Å². The number of hydrogen-bond donors (Lipinski definition) is 0. The quantitative estimate of drug-likeness (QED) is 0.0239. The molecule has 0 aliphatic carbocycles. The highest BCUT2D eigenvalue weighted by Crippen LogP contribution is 2.13. The zero-order chi connectivity index (χ0) is 119. The Morgan fingerprint density at radius 3 is 0.759 bits per heavy atom. The minimum Gasteiger partial charge on any atom is -0.748 e. The first-order chi connectivity index (χ1) is 64.3. The van der Waals surface area contributed by atoms with Crippen molar-refractivity contribution >= 4 is 103 Å². The van der Waals surface area contributed by atoms with Gasteiger partial charge in [-0.2, -0.15) is 0 Å². The molecular formula is C92H209N13O34S6. The molecule has 0 aromatic rings. The minimum absolute atomic E-state index is 0.0473. The van der Waals surface area contributed by atoms with Crippen LogP contribution in [0.25, 0.3) is 0 Å². The van der Waals surface area contributed by atoms with Crippen molar-refractivity contribution in [1.29, 1.82) is 0 Å². The average Bonchev–Trinajstić information content (AvgIpc) is 0.884. The second kappa shape index (κ2) is 81.8. The molecule has 53 heteroatoms. The lowest BCUT2D eigenvalue weighted by Gasteiger charge is -2.37. The van der Waals surface area contributed by atoms with Crippen LogP contribution < -0.4 is 35.7 Å². The Bertz CT molecular complexity index is 4000. The summed E-state index contributed by atoms with van der Waals surface area (Å²) in [7, 11) is 22.8. The fraction of sp³-hybridized carbons (Fsp3) is 0.924. The van der Waals surface area contributed by atoms with Gasteiger partial charge in [-0.1, -0.05) is 27.7 Å². The number of likely N-dealkylation sites (N-methyl/N-ethyl adjacent to an activating group) is 4. The van der Waals surface area contributed by atoms with Crippen molar-refractivity contribution in [3.05, 3.63) is 0 Å². The Balaban J connectivity index is -0.000000119. The van der Waals surface area contributed by atoms with Gasteiger partial charge in [0, 0.05) is 73.9 Å². The molecule has 0 aromatic heterocycles. The summed E-state index contributed by atoms with van der Waals surface area (Å²) in [5.74, 6) is -7.74. The van der Waals surface area contributed by atoms with Crippen molar-refractivity contribution < 1.29 is 214 Å². The van der Waals surface area contributed by atoms with Gasteiger partial charge in [0.1, 0.15) is 53.0 Å². The summed E-state index contributed by atoms with van der Waals surface area (Å²) in [5, 5.41) is 70.9. The Morgan fingerprint density at radius 2 is 0.545 bits per heavy atom. The van der Waals surface area contributed by atoms with E-state index in [4.69, 9.17) is 0 Å². The monoisotopic (exact) mass is 2230 g/mol. The third-order valence-electron chi connectivity index (χ3n) is 22.6. The number of nitrogens with zero attached hydrogens (tertiary/aromatic N) is 13. The van der Waals surface area contributed by atoms with Crippen molar-refractivity contribution in [2.45, 2.75) is 200 Å². The number of hydrogen-bond acceptors (Lipinski definition) is 34. The topological polar surface area (TPSA) is 643 Å². The van der Waals surface area contributed by atoms with E-state index in [2.05, 4.69) is 84.7 Å². The van der Waals surface area contributed by atoms with Gasteiger partial charge in [0.2, 0.25) is 20.8 Å². The number of aliphatic carboxylic acids is 7.